The van der Waals surface area contributed by atoms with E-state index in [1.54, 1.807) is 0 Å². The number of carbonyl (C=O) groups excluding carboxylic acids is 2. The van der Waals surface area contributed by atoms with Crippen molar-refractivity contribution in [2.45, 2.75) is 0 Å². The van der Waals surface area contributed by atoms with Crippen LogP contribution in [0.1, 0.15) is 10.5 Å². The van der Waals surface area contributed by atoms with Crippen molar-refractivity contribution >= 4 is 29.1 Å². The average molecular weight is 203 g/mol. The Morgan fingerprint density at radius 2 is 2.38 bits per heavy atom. The molecule has 0 saturated heterocycles. The van der Waals surface area contributed by atoms with E-state index in [1.807, 2.05) is 0 Å². The summed E-state index contributed by atoms with van der Waals surface area (Å²) in [5.41, 5.74) is 5.27. The monoisotopic (exact) mass is 202 g/mol. The van der Waals surface area contributed by atoms with Gasteiger partial charge in [0.15, 0.2) is 0 Å². The van der Waals surface area contributed by atoms with E-state index >= 15 is 0 Å². The first-order chi connectivity index (χ1) is 6.15. The van der Waals surface area contributed by atoms with Gasteiger partial charge in [0.05, 0.1) is 11.9 Å². The number of nitrogens with two attached hydrogens (primary N) is 1. The van der Waals surface area contributed by atoms with E-state index in [-0.39, 0.29) is 17.3 Å². The van der Waals surface area contributed by atoms with E-state index in [0.29, 0.717) is 0 Å². The molecule has 1 heterocycles. The van der Waals surface area contributed by atoms with E-state index in [2.05, 4.69) is 15.5 Å². The molecule has 0 aliphatic carbocycles. The van der Waals surface area contributed by atoms with Gasteiger partial charge in [-0.3, -0.25) is 14.7 Å². The lowest BCUT2D eigenvalue weighted by atomic mass is 10.3. The Kier molecular flexibility index (Phi) is 2.86. The van der Waals surface area contributed by atoms with Crippen molar-refractivity contribution < 1.29 is 9.59 Å². The number of rotatable bonds is 3. The van der Waals surface area contributed by atoms with Crippen molar-refractivity contribution in [3.63, 3.8) is 0 Å². The van der Waals surface area contributed by atoms with Crippen LogP contribution in [0.5, 0.6) is 0 Å². The lowest BCUT2D eigenvalue weighted by Crippen LogP contribution is -2.18. The molecule has 0 spiro atoms. The second kappa shape index (κ2) is 3.90. The number of aromatic nitrogens is 2. The lowest BCUT2D eigenvalue weighted by Gasteiger charge is -1.99. The maximum Gasteiger partial charge on any atom is 0.268 e. The summed E-state index contributed by atoms with van der Waals surface area (Å²) in [7, 11) is 0. The van der Waals surface area contributed by atoms with Gasteiger partial charge >= 0.3 is 0 Å². The molecular formula is C6H7ClN4O2. The topological polar surface area (TPSA) is 101 Å². The van der Waals surface area contributed by atoms with Crippen LogP contribution >= 0.6 is 11.6 Å². The van der Waals surface area contributed by atoms with Crippen LogP contribution in [0.2, 0.25) is 0 Å². The molecular weight excluding hydrogens is 196 g/mol. The van der Waals surface area contributed by atoms with Crippen molar-refractivity contribution in [1.29, 1.82) is 0 Å². The molecule has 6 nitrogen and oxygen atoms in total. The summed E-state index contributed by atoms with van der Waals surface area (Å²) in [6.45, 7) is 0. The molecule has 0 fully saturated rings. The van der Waals surface area contributed by atoms with Gasteiger partial charge in [-0.05, 0) is 0 Å². The van der Waals surface area contributed by atoms with Gasteiger partial charge in [-0.1, -0.05) is 0 Å². The predicted octanol–water partition coefficient (Wildman–Crippen LogP) is -0.314. The van der Waals surface area contributed by atoms with Crippen molar-refractivity contribution in [2.24, 2.45) is 5.73 Å². The molecule has 13 heavy (non-hydrogen) atoms. The molecule has 2 amide bonds. The van der Waals surface area contributed by atoms with Crippen molar-refractivity contribution in [3.8, 4) is 0 Å². The Hall–Kier alpha value is -1.56. The number of halogens is 1. The van der Waals surface area contributed by atoms with Crippen molar-refractivity contribution in [3.05, 3.63) is 11.9 Å². The number of nitrogens with zero attached hydrogens (tertiary/aromatic N) is 1. The third kappa shape index (κ3) is 2.19. The Labute approximate surface area is 78.4 Å². The number of H-pyrrole nitrogens is 1. The van der Waals surface area contributed by atoms with E-state index in [0.717, 1.165) is 0 Å². The second-order valence-electron chi connectivity index (χ2n) is 2.20. The summed E-state index contributed by atoms with van der Waals surface area (Å²) < 4.78 is 0. The molecule has 70 valence electrons. The smallest absolute Gasteiger partial charge is 0.268 e. The summed E-state index contributed by atoms with van der Waals surface area (Å²) in [4.78, 5) is 21.5. The molecule has 4 N–H and O–H groups in total. The first-order valence-corrected chi connectivity index (χ1v) is 3.87. The van der Waals surface area contributed by atoms with Crippen LogP contribution in [0.4, 0.5) is 5.69 Å². The molecule has 0 aliphatic rings. The van der Waals surface area contributed by atoms with Gasteiger partial charge in [-0.2, -0.15) is 5.10 Å². The van der Waals surface area contributed by atoms with E-state index in [9.17, 15) is 9.59 Å². The Bertz CT molecular complexity index is 335. The van der Waals surface area contributed by atoms with Gasteiger partial charge in [-0.15, -0.1) is 11.6 Å². The fourth-order valence-electron chi connectivity index (χ4n) is 0.752. The van der Waals surface area contributed by atoms with Gasteiger partial charge in [0, 0.05) is 0 Å². The van der Waals surface area contributed by atoms with Gasteiger partial charge in [0.25, 0.3) is 5.91 Å². The van der Waals surface area contributed by atoms with Crippen LogP contribution in [0.15, 0.2) is 6.20 Å². The van der Waals surface area contributed by atoms with Crippen LogP contribution in [0, 0.1) is 0 Å². The second-order valence-corrected chi connectivity index (χ2v) is 2.47. The average Bonchev–Trinajstić information content (AvgIpc) is 2.52. The third-order valence-corrected chi connectivity index (χ3v) is 1.52. The van der Waals surface area contributed by atoms with Gasteiger partial charge in [-0.25, -0.2) is 0 Å². The largest absolute Gasteiger partial charge is 0.364 e. The van der Waals surface area contributed by atoms with Crippen LogP contribution in [-0.4, -0.2) is 27.9 Å². The van der Waals surface area contributed by atoms with Gasteiger partial charge < -0.3 is 11.1 Å². The number of aromatic amines is 1. The van der Waals surface area contributed by atoms with Gasteiger partial charge in [0.1, 0.15) is 11.6 Å². The highest BCUT2D eigenvalue weighted by Crippen LogP contribution is 2.10. The van der Waals surface area contributed by atoms with E-state index in [1.165, 1.54) is 6.20 Å². The molecule has 0 atom stereocenters. The number of alkyl halides is 1. The zero-order valence-electron chi connectivity index (χ0n) is 6.50. The summed E-state index contributed by atoms with van der Waals surface area (Å²) >= 11 is 5.24. The minimum atomic E-state index is -0.692. The standard InChI is InChI=1S/C6H7ClN4O2/c7-1-4(12)10-3-2-9-11-5(3)6(8)13/h2H,1H2,(H2,8,13)(H,9,11)(H,10,12). The molecule has 0 unspecified atom stereocenters. The van der Waals surface area contributed by atoms with Crippen LogP contribution in [0.25, 0.3) is 0 Å². The fourth-order valence-corrected chi connectivity index (χ4v) is 0.819. The van der Waals surface area contributed by atoms with E-state index < -0.39 is 11.8 Å². The number of nitrogens with one attached hydrogen (secondary N) is 2. The van der Waals surface area contributed by atoms with Crippen molar-refractivity contribution in [1.82, 2.24) is 10.2 Å². The number of amides is 2. The zero-order chi connectivity index (χ0) is 9.84. The first kappa shape index (κ1) is 9.53. The SMILES string of the molecule is NC(=O)c1[nH]ncc1NC(=O)CCl. The lowest BCUT2D eigenvalue weighted by molar-refractivity contribution is -0.113. The minimum Gasteiger partial charge on any atom is -0.364 e. The molecule has 1 aromatic rings. The highest BCUT2D eigenvalue weighted by Gasteiger charge is 2.11. The molecule has 0 saturated carbocycles. The fraction of sp³-hybridized carbons (Fsp3) is 0.167. The first-order valence-electron chi connectivity index (χ1n) is 3.34. The molecule has 1 aromatic heterocycles. The Morgan fingerprint density at radius 3 is 2.92 bits per heavy atom. The highest BCUT2D eigenvalue weighted by atomic mass is 35.5. The number of anilines is 1. The molecule has 1 rings (SSSR count). The van der Waals surface area contributed by atoms with Crippen molar-refractivity contribution in [2.75, 3.05) is 11.2 Å². The maximum absolute atomic E-state index is 10.8. The maximum atomic E-state index is 10.8. The molecule has 0 radical (unpaired) electrons. The summed E-state index contributed by atoms with van der Waals surface area (Å²) in [6, 6.07) is 0. The Balaban J connectivity index is 2.82. The molecule has 0 aliphatic heterocycles. The third-order valence-electron chi connectivity index (χ3n) is 1.28. The summed E-state index contributed by atoms with van der Waals surface area (Å²) in [5.74, 6) is -1.31. The normalized spacial score (nSPS) is 9.62. The van der Waals surface area contributed by atoms with E-state index in [4.69, 9.17) is 17.3 Å². The summed E-state index contributed by atoms with van der Waals surface area (Å²) in [6.07, 6.45) is 1.28. The minimum absolute atomic E-state index is 0.0541. The number of hydrogen-bond acceptors (Lipinski definition) is 3. The van der Waals surface area contributed by atoms with Gasteiger partial charge in [0.2, 0.25) is 5.91 Å². The quantitative estimate of drug-likeness (QED) is 0.586. The number of hydrogen-bond donors (Lipinski definition) is 3. The zero-order valence-corrected chi connectivity index (χ0v) is 7.26. The predicted molar refractivity (Wildman–Crippen MR) is 46.5 cm³/mol. The molecule has 0 bridgehead atoms. The molecule has 0 aromatic carbocycles. The summed E-state index contributed by atoms with van der Waals surface area (Å²) in [5, 5.41) is 8.26. The van der Waals surface area contributed by atoms with Crippen LogP contribution in [0.3, 0.4) is 0 Å². The highest BCUT2D eigenvalue weighted by molar-refractivity contribution is 6.29. The Morgan fingerprint density at radius 1 is 1.69 bits per heavy atom. The van der Waals surface area contributed by atoms with Crippen LogP contribution < -0.4 is 11.1 Å². The molecule has 7 heteroatoms. The van der Waals surface area contributed by atoms with Crippen LogP contribution in [-0.2, 0) is 4.79 Å². The number of carbonyl (C=O) groups is 2. The number of primary amides is 1.